The summed E-state index contributed by atoms with van der Waals surface area (Å²) in [6.07, 6.45) is 7.56. The average molecular weight is 383 g/mol. The minimum Gasteiger partial charge on any atom is -0.368 e. The standard InChI is InChI=1S/C21H26FN5O/c22-16-6-8-18(9-7-16)26-10-12-27(13-11-26)21(28)19-14-20(24-15-23-19)25-17-4-2-1-3-5-17/h6-9,14-15,17H,1-5,10-13H2,(H,23,24,25). The van der Waals surface area contributed by atoms with Crippen molar-refractivity contribution < 1.29 is 9.18 Å². The number of rotatable bonds is 4. The molecule has 1 saturated heterocycles. The van der Waals surface area contributed by atoms with E-state index in [1.165, 1.54) is 37.7 Å². The lowest BCUT2D eigenvalue weighted by molar-refractivity contribution is 0.0740. The second kappa shape index (κ2) is 8.54. The zero-order valence-corrected chi connectivity index (χ0v) is 16.0. The first-order chi connectivity index (χ1) is 13.7. The van der Waals surface area contributed by atoms with Crippen molar-refractivity contribution in [3.8, 4) is 0 Å². The molecule has 2 aliphatic rings. The van der Waals surface area contributed by atoms with E-state index in [2.05, 4.69) is 20.2 Å². The Hall–Kier alpha value is -2.70. The van der Waals surface area contributed by atoms with Gasteiger partial charge in [-0.05, 0) is 37.1 Å². The highest BCUT2D eigenvalue weighted by atomic mass is 19.1. The van der Waals surface area contributed by atoms with Crippen molar-refractivity contribution >= 4 is 17.4 Å². The third kappa shape index (κ3) is 4.40. The SMILES string of the molecule is O=C(c1cc(NC2CCCCC2)ncn1)N1CCN(c2ccc(F)cc2)CC1. The van der Waals surface area contributed by atoms with Gasteiger partial charge in [-0.1, -0.05) is 19.3 Å². The van der Waals surface area contributed by atoms with Crippen molar-refractivity contribution in [1.82, 2.24) is 14.9 Å². The van der Waals surface area contributed by atoms with E-state index in [0.29, 0.717) is 24.8 Å². The summed E-state index contributed by atoms with van der Waals surface area (Å²) in [5, 5.41) is 3.45. The first kappa shape index (κ1) is 18.7. The molecule has 2 aromatic rings. The molecule has 0 bridgehead atoms. The summed E-state index contributed by atoms with van der Waals surface area (Å²) in [7, 11) is 0. The van der Waals surface area contributed by atoms with Crippen molar-refractivity contribution in [3.63, 3.8) is 0 Å². The molecule has 6 nitrogen and oxygen atoms in total. The van der Waals surface area contributed by atoms with Gasteiger partial charge in [0, 0.05) is 44.0 Å². The Kier molecular flexibility index (Phi) is 5.69. The smallest absolute Gasteiger partial charge is 0.272 e. The lowest BCUT2D eigenvalue weighted by atomic mass is 9.95. The van der Waals surface area contributed by atoms with E-state index >= 15 is 0 Å². The number of nitrogens with one attached hydrogen (secondary N) is 1. The van der Waals surface area contributed by atoms with Gasteiger partial charge < -0.3 is 15.1 Å². The average Bonchev–Trinajstić information content (AvgIpc) is 2.75. The van der Waals surface area contributed by atoms with Gasteiger partial charge in [0.2, 0.25) is 0 Å². The predicted molar refractivity (Wildman–Crippen MR) is 107 cm³/mol. The molecule has 0 unspecified atom stereocenters. The molecule has 1 saturated carbocycles. The van der Waals surface area contributed by atoms with Gasteiger partial charge in [0.15, 0.2) is 0 Å². The first-order valence-corrected chi connectivity index (χ1v) is 10.1. The molecule has 1 aliphatic heterocycles. The highest BCUT2D eigenvalue weighted by Crippen LogP contribution is 2.21. The summed E-state index contributed by atoms with van der Waals surface area (Å²) in [5.41, 5.74) is 1.41. The zero-order chi connectivity index (χ0) is 19.3. The number of nitrogens with zero attached hydrogens (tertiary/aromatic N) is 4. The van der Waals surface area contributed by atoms with E-state index < -0.39 is 0 Å². The molecule has 1 N–H and O–H groups in total. The maximum atomic E-state index is 13.1. The molecule has 4 rings (SSSR count). The van der Waals surface area contributed by atoms with Crippen LogP contribution in [-0.4, -0.2) is 53.0 Å². The Labute approximate surface area is 164 Å². The van der Waals surface area contributed by atoms with Crippen molar-refractivity contribution in [3.05, 3.63) is 48.2 Å². The van der Waals surface area contributed by atoms with Gasteiger partial charge in [0.05, 0.1) is 0 Å². The van der Waals surface area contributed by atoms with Gasteiger partial charge in [-0.3, -0.25) is 4.79 Å². The largest absolute Gasteiger partial charge is 0.368 e. The minimum atomic E-state index is -0.237. The number of carbonyl (C=O) groups excluding carboxylic acids is 1. The van der Waals surface area contributed by atoms with E-state index in [-0.39, 0.29) is 11.7 Å². The van der Waals surface area contributed by atoms with Crippen LogP contribution < -0.4 is 10.2 Å². The quantitative estimate of drug-likeness (QED) is 0.878. The van der Waals surface area contributed by atoms with Crippen molar-refractivity contribution in [2.24, 2.45) is 0 Å². The van der Waals surface area contributed by atoms with Crippen LogP contribution in [0.2, 0.25) is 0 Å². The Bertz CT molecular complexity index is 799. The van der Waals surface area contributed by atoms with E-state index in [9.17, 15) is 9.18 Å². The number of hydrogen-bond donors (Lipinski definition) is 1. The van der Waals surface area contributed by atoms with Gasteiger partial charge in [-0.25, -0.2) is 14.4 Å². The molecule has 0 atom stereocenters. The Morgan fingerprint density at radius 3 is 2.43 bits per heavy atom. The number of halogens is 1. The van der Waals surface area contributed by atoms with Crippen LogP contribution in [-0.2, 0) is 0 Å². The molecule has 7 heteroatoms. The van der Waals surface area contributed by atoms with E-state index in [0.717, 1.165) is 37.4 Å². The first-order valence-electron chi connectivity index (χ1n) is 10.1. The van der Waals surface area contributed by atoms with Gasteiger partial charge >= 0.3 is 0 Å². The van der Waals surface area contributed by atoms with E-state index in [4.69, 9.17) is 0 Å². The predicted octanol–water partition coefficient (Wildman–Crippen LogP) is 3.32. The minimum absolute atomic E-state index is 0.0622. The van der Waals surface area contributed by atoms with Gasteiger partial charge in [0.25, 0.3) is 5.91 Å². The Morgan fingerprint density at radius 1 is 1.00 bits per heavy atom. The number of amides is 1. The number of hydrogen-bond acceptors (Lipinski definition) is 5. The molecule has 1 aromatic heterocycles. The van der Waals surface area contributed by atoms with Crippen LogP contribution >= 0.6 is 0 Å². The molecule has 0 radical (unpaired) electrons. The molecule has 1 aromatic carbocycles. The second-order valence-electron chi connectivity index (χ2n) is 7.52. The van der Waals surface area contributed by atoms with Crippen molar-refractivity contribution in [2.75, 3.05) is 36.4 Å². The summed E-state index contributed by atoms with van der Waals surface area (Å²) >= 11 is 0. The topological polar surface area (TPSA) is 61.4 Å². The fourth-order valence-electron chi connectivity index (χ4n) is 3.99. The molecule has 1 amide bonds. The van der Waals surface area contributed by atoms with Gasteiger partial charge in [-0.2, -0.15) is 0 Å². The molecule has 0 spiro atoms. The number of aromatic nitrogens is 2. The highest BCUT2D eigenvalue weighted by molar-refractivity contribution is 5.93. The number of carbonyl (C=O) groups is 1. The Balaban J connectivity index is 1.35. The van der Waals surface area contributed by atoms with Crippen LogP contribution in [0.25, 0.3) is 0 Å². The lowest BCUT2D eigenvalue weighted by Gasteiger charge is -2.36. The molecular weight excluding hydrogens is 357 g/mol. The summed E-state index contributed by atoms with van der Waals surface area (Å²) in [4.78, 5) is 25.3. The summed E-state index contributed by atoms with van der Waals surface area (Å²) in [5.74, 6) is 0.432. The highest BCUT2D eigenvalue weighted by Gasteiger charge is 2.24. The summed E-state index contributed by atoms with van der Waals surface area (Å²) < 4.78 is 13.1. The van der Waals surface area contributed by atoms with Crippen LogP contribution in [0.3, 0.4) is 0 Å². The van der Waals surface area contributed by atoms with Crippen LogP contribution in [0.5, 0.6) is 0 Å². The van der Waals surface area contributed by atoms with Crippen LogP contribution in [0, 0.1) is 5.82 Å². The fourth-order valence-corrected chi connectivity index (χ4v) is 3.99. The van der Waals surface area contributed by atoms with Crippen molar-refractivity contribution in [2.45, 2.75) is 38.1 Å². The summed E-state index contributed by atoms with van der Waals surface area (Å²) in [6.45, 7) is 2.67. The van der Waals surface area contributed by atoms with Crippen LogP contribution in [0.15, 0.2) is 36.7 Å². The van der Waals surface area contributed by atoms with Crippen molar-refractivity contribution in [1.29, 1.82) is 0 Å². The lowest BCUT2D eigenvalue weighted by Crippen LogP contribution is -2.49. The molecule has 28 heavy (non-hydrogen) atoms. The summed E-state index contributed by atoms with van der Waals surface area (Å²) in [6, 6.07) is 8.69. The maximum Gasteiger partial charge on any atom is 0.272 e. The number of anilines is 2. The number of benzene rings is 1. The Morgan fingerprint density at radius 2 is 1.71 bits per heavy atom. The van der Waals surface area contributed by atoms with E-state index in [1.54, 1.807) is 18.2 Å². The van der Waals surface area contributed by atoms with E-state index in [1.807, 2.05) is 4.90 Å². The van der Waals surface area contributed by atoms with Gasteiger partial charge in [-0.15, -0.1) is 0 Å². The molecular formula is C21H26FN5O. The van der Waals surface area contributed by atoms with Crippen LogP contribution in [0.4, 0.5) is 15.9 Å². The molecule has 2 fully saturated rings. The molecule has 148 valence electrons. The third-order valence-electron chi connectivity index (χ3n) is 5.60. The van der Waals surface area contributed by atoms with Gasteiger partial charge in [0.1, 0.15) is 23.7 Å². The molecule has 2 heterocycles. The molecule has 1 aliphatic carbocycles. The normalized spacial score (nSPS) is 18.2. The zero-order valence-electron chi connectivity index (χ0n) is 16.0. The van der Waals surface area contributed by atoms with Crippen LogP contribution in [0.1, 0.15) is 42.6 Å². The third-order valence-corrected chi connectivity index (χ3v) is 5.60. The monoisotopic (exact) mass is 383 g/mol. The fraction of sp³-hybridized carbons (Fsp3) is 0.476. The maximum absolute atomic E-state index is 13.1. The number of piperazine rings is 1. The second-order valence-corrected chi connectivity index (χ2v) is 7.52.